The second-order valence-electron chi connectivity index (χ2n) is 3.57. The van der Waals surface area contributed by atoms with Crippen LogP contribution in [0.2, 0.25) is 5.02 Å². The molecule has 0 bridgehead atoms. The van der Waals surface area contributed by atoms with Gasteiger partial charge >= 0.3 is 18.3 Å². The molecule has 1 aromatic carbocycles. The van der Waals surface area contributed by atoms with Crippen LogP contribution >= 0.6 is 11.6 Å². The van der Waals surface area contributed by atoms with Crippen LogP contribution in [0.4, 0.5) is 14.4 Å². The monoisotopic (exact) mass is 301 g/mol. The van der Waals surface area contributed by atoms with Gasteiger partial charge in [-0.3, -0.25) is 0 Å². The van der Waals surface area contributed by atoms with Crippen molar-refractivity contribution in [1.82, 2.24) is 5.32 Å². The lowest BCUT2D eigenvalue weighted by atomic mass is 10.1. The van der Waals surface area contributed by atoms with Crippen molar-refractivity contribution in [1.29, 1.82) is 0 Å². The van der Waals surface area contributed by atoms with Crippen LogP contribution in [-0.4, -0.2) is 24.8 Å². The largest absolute Gasteiger partial charge is 0.440 e. The molecule has 108 valence electrons. The number of rotatable bonds is 4. The Bertz CT molecular complexity index is 505. The van der Waals surface area contributed by atoms with E-state index in [4.69, 9.17) is 22.1 Å². The first-order valence-corrected chi connectivity index (χ1v) is 5.73. The summed E-state index contributed by atoms with van der Waals surface area (Å²) in [5, 5.41) is 2.70. The van der Waals surface area contributed by atoms with E-state index in [-0.39, 0.29) is 6.54 Å². The maximum atomic E-state index is 11.1. The fourth-order valence-corrected chi connectivity index (χ4v) is 1.47. The molecule has 0 aliphatic heterocycles. The number of halogens is 1. The van der Waals surface area contributed by atoms with Crippen molar-refractivity contribution in [2.45, 2.75) is 6.10 Å². The predicted octanol–water partition coefficient (Wildman–Crippen LogP) is 1.28. The number of nitrogens with two attached hydrogens (primary N) is 2. The van der Waals surface area contributed by atoms with Crippen LogP contribution < -0.4 is 16.8 Å². The molecule has 20 heavy (non-hydrogen) atoms. The number of ether oxygens (including phenoxy) is 2. The van der Waals surface area contributed by atoms with Gasteiger partial charge in [-0.25, -0.2) is 14.4 Å². The third kappa shape index (κ3) is 5.44. The quantitative estimate of drug-likeness (QED) is 0.720. The highest BCUT2D eigenvalue weighted by molar-refractivity contribution is 6.30. The van der Waals surface area contributed by atoms with Crippen LogP contribution in [0.3, 0.4) is 0 Å². The molecular weight excluding hydrogens is 290 g/mol. The number of hydrogen-bond donors (Lipinski definition) is 3. The molecule has 1 rings (SSSR count). The molecule has 0 unspecified atom stereocenters. The first-order chi connectivity index (χ1) is 9.38. The van der Waals surface area contributed by atoms with Gasteiger partial charge in [0.2, 0.25) is 0 Å². The molecule has 0 aromatic heterocycles. The van der Waals surface area contributed by atoms with E-state index in [0.717, 1.165) is 0 Å². The van der Waals surface area contributed by atoms with Crippen LogP contribution in [0.1, 0.15) is 11.7 Å². The molecule has 0 saturated carbocycles. The average Bonchev–Trinajstić information content (AvgIpc) is 2.34. The van der Waals surface area contributed by atoms with Crippen molar-refractivity contribution in [3.8, 4) is 0 Å². The summed E-state index contributed by atoms with van der Waals surface area (Å²) in [5.74, 6) is 0. The van der Waals surface area contributed by atoms with E-state index in [1.807, 2.05) is 0 Å². The predicted molar refractivity (Wildman–Crippen MR) is 68.9 cm³/mol. The number of amides is 3. The topological polar surface area (TPSA) is 134 Å². The number of carbonyl (C=O) groups is 3. The SMILES string of the molecule is NC(=O)OC(=O)NC[C@@H](OC(N)=O)c1ccc(Cl)cc1. The van der Waals surface area contributed by atoms with Crippen LogP contribution in [0.5, 0.6) is 0 Å². The molecule has 5 N–H and O–H groups in total. The standard InChI is InChI=1S/C11H12ClN3O5/c12-7-3-1-6(2-4-7)8(19-9(13)16)5-15-11(18)20-10(14)17/h1-4,8H,5H2,(H2,13,16)(H2,14,17)(H,15,18)/t8-/m1/s1. The minimum atomic E-state index is -1.25. The zero-order valence-corrected chi connectivity index (χ0v) is 10.9. The number of benzene rings is 1. The molecule has 0 heterocycles. The molecule has 1 aromatic rings. The first-order valence-electron chi connectivity index (χ1n) is 5.35. The van der Waals surface area contributed by atoms with Gasteiger partial charge in [-0.2, -0.15) is 0 Å². The average molecular weight is 302 g/mol. The van der Waals surface area contributed by atoms with E-state index in [0.29, 0.717) is 10.6 Å². The van der Waals surface area contributed by atoms with Crippen LogP contribution in [0.15, 0.2) is 24.3 Å². The van der Waals surface area contributed by atoms with Gasteiger partial charge in [0.25, 0.3) is 0 Å². The van der Waals surface area contributed by atoms with E-state index in [1.165, 1.54) is 0 Å². The van der Waals surface area contributed by atoms with Crippen LogP contribution in [0.25, 0.3) is 0 Å². The fraction of sp³-hybridized carbons (Fsp3) is 0.182. The fourth-order valence-electron chi connectivity index (χ4n) is 1.35. The van der Waals surface area contributed by atoms with Gasteiger partial charge in [-0.1, -0.05) is 23.7 Å². The summed E-state index contributed by atoms with van der Waals surface area (Å²) >= 11 is 5.73. The molecule has 0 aliphatic rings. The van der Waals surface area contributed by atoms with Crippen LogP contribution in [0, 0.1) is 0 Å². The van der Waals surface area contributed by atoms with Crippen molar-refractivity contribution < 1.29 is 23.9 Å². The van der Waals surface area contributed by atoms with Gasteiger partial charge in [0.1, 0.15) is 6.10 Å². The number of hydrogen-bond acceptors (Lipinski definition) is 5. The van der Waals surface area contributed by atoms with Gasteiger partial charge < -0.3 is 26.3 Å². The number of primary amides is 2. The van der Waals surface area contributed by atoms with Crippen molar-refractivity contribution in [3.63, 3.8) is 0 Å². The minimum Gasteiger partial charge on any atom is -0.440 e. The van der Waals surface area contributed by atoms with E-state index >= 15 is 0 Å². The highest BCUT2D eigenvalue weighted by Gasteiger charge is 2.17. The van der Waals surface area contributed by atoms with E-state index in [9.17, 15) is 14.4 Å². The summed E-state index contributed by atoms with van der Waals surface area (Å²) in [6.07, 6.45) is -4.19. The van der Waals surface area contributed by atoms with E-state index in [1.54, 1.807) is 24.3 Å². The van der Waals surface area contributed by atoms with Gasteiger partial charge in [0.15, 0.2) is 0 Å². The zero-order valence-electron chi connectivity index (χ0n) is 10.2. The van der Waals surface area contributed by atoms with Crippen molar-refractivity contribution >= 4 is 29.9 Å². The second kappa shape index (κ2) is 7.19. The molecule has 0 radical (unpaired) electrons. The van der Waals surface area contributed by atoms with Gasteiger partial charge in [-0.05, 0) is 17.7 Å². The molecule has 0 spiro atoms. The molecular formula is C11H12ClN3O5. The summed E-state index contributed by atoms with van der Waals surface area (Å²) in [6, 6.07) is 6.35. The first kappa shape index (κ1) is 15.6. The van der Waals surface area contributed by atoms with Crippen molar-refractivity contribution in [3.05, 3.63) is 34.9 Å². The molecule has 0 fully saturated rings. The molecule has 8 nitrogen and oxygen atoms in total. The van der Waals surface area contributed by atoms with E-state index in [2.05, 4.69) is 15.8 Å². The van der Waals surface area contributed by atoms with Gasteiger partial charge in [0.05, 0.1) is 6.54 Å². The third-order valence-corrected chi connectivity index (χ3v) is 2.38. The lowest BCUT2D eigenvalue weighted by molar-refractivity contribution is 0.102. The van der Waals surface area contributed by atoms with Crippen LogP contribution in [-0.2, 0) is 9.47 Å². The zero-order chi connectivity index (χ0) is 15.1. The Hall–Kier alpha value is -2.48. The number of alkyl carbamates (subject to hydrolysis) is 1. The van der Waals surface area contributed by atoms with Crippen molar-refractivity contribution in [2.24, 2.45) is 11.5 Å². The summed E-state index contributed by atoms with van der Waals surface area (Å²) in [5.41, 5.74) is 10.2. The lowest BCUT2D eigenvalue weighted by Crippen LogP contribution is -2.34. The minimum absolute atomic E-state index is 0.156. The maximum absolute atomic E-state index is 11.1. The summed E-state index contributed by atoms with van der Waals surface area (Å²) in [4.78, 5) is 32.3. The lowest BCUT2D eigenvalue weighted by Gasteiger charge is -2.17. The molecule has 0 saturated heterocycles. The highest BCUT2D eigenvalue weighted by Crippen LogP contribution is 2.19. The van der Waals surface area contributed by atoms with Crippen molar-refractivity contribution in [2.75, 3.05) is 6.54 Å². The molecule has 9 heteroatoms. The van der Waals surface area contributed by atoms with E-state index < -0.39 is 24.4 Å². The Balaban J connectivity index is 2.69. The van der Waals surface area contributed by atoms with Gasteiger partial charge in [0, 0.05) is 5.02 Å². The summed E-state index contributed by atoms with van der Waals surface area (Å²) < 4.78 is 8.90. The molecule has 3 amide bonds. The Morgan fingerprint density at radius 3 is 2.25 bits per heavy atom. The Morgan fingerprint density at radius 2 is 1.75 bits per heavy atom. The highest BCUT2D eigenvalue weighted by atomic mass is 35.5. The number of carbonyl (C=O) groups excluding carboxylic acids is 3. The third-order valence-electron chi connectivity index (χ3n) is 2.13. The summed E-state index contributed by atoms with van der Waals surface area (Å²) in [6.45, 7) is -0.156. The Morgan fingerprint density at radius 1 is 1.15 bits per heavy atom. The second-order valence-corrected chi connectivity index (χ2v) is 4.00. The smallest absolute Gasteiger partial charge is 0.416 e. The molecule has 1 atom stereocenters. The maximum Gasteiger partial charge on any atom is 0.416 e. The molecule has 0 aliphatic carbocycles. The summed E-state index contributed by atoms with van der Waals surface area (Å²) in [7, 11) is 0. The normalized spacial score (nSPS) is 11.2. The van der Waals surface area contributed by atoms with Gasteiger partial charge in [-0.15, -0.1) is 0 Å². The Kier molecular flexibility index (Phi) is 5.60. The Labute approximate surface area is 119 Å². The number of nitrogens with one attached hydrogen (secondary N) is 1.